The van der Waals surface area contributed by atoms with Crippen LogP contribution in [0.15, 0.2) is 24.1 Å². The van der Waals surface area contributed by atoms with E-state index in [0.717, 1.165) is 18.6 Å². The SMILES string of the molecule is C=C1C=C(OC)[C@H](CCC)N1C(=O)[C@H](CC(C)C)NC(=O)OC(C)(C)C. The first kappa shape index (κ1) is 22.1. The summed E-state index contributed by atoms with van der Waals surface area (Å²) in [6.07, 6.45) is 3.39. The molecule has 0 bridgehead atoms. The van der Waals surface area contributed by atoms with Gasteiger partial charge in [-0.05, 0) is 39.5 Å². The third-order valence-corrected chi connectivity index (χ3v) is 3.99. The van der Waals surface area contributed by atoms with Crippen LogP contribution in [0.2, 0.25) is 0 Å². The second-order valence-electron chi connectivity index (χ2n) is 8.08. The highest BCUT2D eigenvalue weighted by Crippen LogP contribution is 2.30. The maximum absolute atomic E-state index is 13.2. The van der Waals surface area contributed by atoms with Gasteiger partial charge in [0.25, 0.3) is 0 Å². The first-order valence-corrected chi connectivity index (χ1v) is 9.27. The Morgan fingerprint density at radius 1 is 1.35 bits per heavy atom. The van der Waals surface area contributed by atoms with Crippen molar-refractivity contribution in [3.63, 3.8) is 0 Å². The minimum Gasteiger partial charge on any atom is -0.499 e. The van der Waals surface area contributed by atoms with Crippen molar-refractivity contribution in [3.05, 3.63) is 24.1 Å². The van der Waals surface area contributed by atoms with Crippen LogP contribution in [0.5, 0.6) is 0 Å². The average molecular weight is 367 g/mol. The first-order chi connectivity index (χ1) is 12.0. The largest absolute Gasteiger partial charge is 0.499 e. The molecule has 1 rings (SSSR count). The molecule has 0 aromatic carbocycles. The summed E-state index contributed by atoms with van der Waals surface area (Å²) in [5.74, 6) is 0.774. The van der Waals surface area contributed by atoms with Gasteiger partial charge in [0.05, 0.1) is 13.2 Å². The van der Waals surface area contributed by atoms with Crippen molar-refractivity contribution in [2.45, 2.75) is 78.5 Å². The summed E-state index contributed by atoms with van der Waals surface area (Å²) in [6, 6.07) is -0.856. The van der Waals surface area contributed by atoms with Gasteiger partial charge in [0.2, 0.25) is 5.91 Å². The third-order valence-electron chi connectivity index (χ3n) is 3.99. The van der Waals surface area contributed by atoms with Crippen LogP contribution in [0.4, 0.5) is 4.79 Å². The van der Waals surface area contributed by atoms with E-state index in [4.69, 9.17) is 9.47 Å². The van der Waals surface area contributed by atoms with E-state index in [-0.39, 0.29) is 17.9 Å². The van der Waals surface area contributed by atoms with Crippen LogP contribution < -0.4 is 5.32 Å². The van der Waals surface area contributed by atoms with Crippen LogP contribution in [0, 0.1) is 5.92 Å². The molecule has 0 aliphatic carbocycles. The number of carbonyl (C=O) groups excluding carboxylic acids is 2. The van der Waals surface area contributed by atoms with Gasteiger partial charge in [0.1, 0.15) is 17.4 Å². The van der Waals surface area contributed by atoms with Gasteiger partial charge in [0.15, 0.2) is 0 Å². The normalized spacial score (nSPS) is 18.6. The van der Waals surface area contributed by atoms with E-state index in [2.05, 4.69) is 18.8 Å². The number of ether oxygens (including phenoxy) is 2. The van der Waals surface area contributed by atoms with Crippen LogP contribution in [0.3, 0.4) is 0 Å². The number of methoxy groups -OCH3 is 1. The average Bonchev–Trinajstić information content (AvgIpc) is 2.79. The van der Waals surface area contributed by atoms with Crippen LogP contribution in [0.1, 0.15) is 60.8 Å². The summed E-state index contributed by atoms with van der Waals surface area (Å²) in [5, 5.41) is 2.74. The van der Waals surface area contributed by atoms with E-state index >= 15 is 0 Å². The molecular weight excluding hydrogens is 332 g/mol. The standard InChI is InChI=1S/C20H34N2O4/c1-9-10-16-17(25-8)12-14(4)22(16)18(23)15(11-13(2)3)21-19(24)26-20(5,6)7/h12-13,15-16H,4,9-11H2,1-3,5-8H3,(H,21,24)/t15-,16-/m0/s1. The lowest BCUT2D eigenvalue weighted by Gasteiger charge is -2.32. The number of rotatable bonds is 7. The van der Waals surface area contributed by atoms with Gasteiger partial charge in [-0.15, -0.1) is 0 Å². The van der Waals surface area contributed by atoms with Crippen molar-refractivity contribution in [2.75, 3.05) is 7.11 Å². The molecule has 0 saturated heterocycles. The predicted molar refractivity (Wildman–Crippen MR) is 102 cm³/mol. The van der Waals surface area contributed by atoms with E-state index in [9.17, 15) is 9.59 Å². The summed E-state index contributed by atoms with van der Waals surface area (Å²) in [7, 11) is 1.60. The summed E-state index contributed by atoms with van der Waals surface area (Å²) in [4.78, 5) is 27.1. The smallest absolute Gasteiger partial charge is 0.408 e. The quantitative estimate of drug-likeness (QED) is 0.740. The highest BCUT2D eigenvalue weighted by Gasteiger charge is 2.38. The van der Waals surface area contributed by atoms with Gasteiger partial charge in [-0.3, -0.25) is 4.79 Å². The van der Waals surface area contributed by atoms with Gasteiger partial charge >= 0.3 is 6.09 Å². The van der Waals surface area contributed by atoms with E-state index in [1.54, 1.807) is 38.9 Å². The monoisotopic (exact) mass is 366 g/mol. The number of hydrogen-bond acceptors (Lipinski definition) is 4. The van der Waals surface area contributed by atoms with E-state index in [1.807, 2.05) is 13.8 Å². The molecule has 6 heteroatoms. The van der Waals surface area contributed by atoms with Crippen LogP contribution >= 0.6 is 0 Å². The fourth-order valence-corrected chi connectivity index (χ4v) is 3.00. The summed E-state index contributed by atoms with van der Waals surface area (Å²) < 4.78 is 10.8. The van der Waals surface area contributed by atoms with E-state index in [1.165, 1.54) is 0 Å². The van der Waals surface area contributed by atoms with Crippen LogP contribution in [-0.2, 0) is 14.3 Å². The topological polar surface area (TPSA) is 67.9 Å². The molecule has 0 fully saturated rings. The Morgan fingerprint density at radius 3 is 2.42 bits per heavy atom. The molecule has 0 aromatic heterocycles. The van der Waals surface area contributed by atoms with Crippen molar-refractivity contribution < 1.29 is 19.1 Å². The molecule has 0 aromatic rings. The minimum atomic E-state index is -0.675. The fourth-order valence-electron chi connectivity index (χ4n) is 3.00. The molecule has 2 atom stereocenters. The molecule has 1 aliphatic rings. The maximum atomic E-state index is 13.2. The molecule has 1 aliphatic heterocycles. The third kappa shape index (κ3) is 6.07. The molecule has 1 heterocycles. The Balaban J connectivity index is 3.00. The van der Waals surface area contributed by atoms with E-state index in [0.29, 0.717) is 12.1 Å². The summed E-state index contributed by atoms with van der Waals surface area (Å²) in [5.41, 5.74) is -0.0347. The maximum Gasteiger partial charge on any atom is 0.408 e. The van der Waals surface area contributed by atoms with Gasteiger partial charge in [0, 0.05) is 11.8 Å². The number of hydrogen-bond donors (Lipinski definition) is 1. The first-order valence-electron chi connectivity index (χ1n) is 9.27. The zero-order valence-electron chi connectivity index (χ0n) is 17.2. The van der Waals surface area contributed by atoms with Gasteiger partial charge in [-0.25, -0.2) is 4.79 Å². The molecule has 148 valence electrons. The number of carbonyl (C=O) groups is 2. The second kappa shape index (κ2) is 9.10. The predicted octanol–water partition coefficient (Wildman–Crippen LogP) is 3.98. The molecule has 2 amide bonds. The Morgan fingerprint density at radius 2 is 1.96 bits per heavy atom. The second-order valence-corrected chi connectivity index (χ2v) is 8.08. The highest BCUT2D eigenvalue weighted by atomic mass is 16.6. The lowest BCUT2D eigenvalue weighted by Crippen LogP contribution is -2.51. The van der Waals surface area contributed by atoms with Crippen molar-refractivity contribution >= 4 is 12.0 Å². The molecular formula is C20H34N2O4. The number of alkyl carbamates (subject to hydrolysis) is 1. The molecule has 1 N–H and O–H groups in total. The van der Waals surface area contributed by atoms with Gasteiger partial charge < -0.3 is 19.7 Å². The number of nitrogens with one attached hydrogen (secondary N) is 1. The van der Waals surface area contributed by atoms with Crippen LogP contribution in [0.25, 0.3) is 0 Å². The van der Waals surface area contributed by atoms with Crippen molar-refractivity contribution in [1.29, 1.82) is 0 Å². The lowest BCUT2D eigenvalue weighted by atomic mass is 10.0. The van der Waals surface area contributed by atoms with Gasteiger partial charge in [-0.2, -0.15) is 0 Å². The highest BCUT2D eigenvalue weighted by molar-refractivity contribution is 5.88. The number of allylic oxidation sites excluding steroid dienone is 1. The number of amides is 2. The van der Waals surface area contributed by atoms with Crippen molar-refractivity contribution in [3.8, 4) is 0 Å². The Kier molecular flexibility index (Phi) is 7.72. The van der Waals surface area contributed by atoms with E-state index < -0.39 is 17.7 Å². The van der Waals surface area contributed by atoms with Crippen molar-refractivity contribution in [2.24, 2.45) is 5.92 Å². The molecule has 0 spiro atoms. The fraction of sp³-hybridized carbons (Fsp3) is 0.700. The lowest BCUT2D eigenvalue weighted by molar-refractivity contribution is -0.133. The Hall–Kier alpha value is -1.98. The Labute approximate surface area is 157 Å². The van der Waals surface area contributed by atoms with Gasteiger partial charge in [-0.1, -0.05) is 33.8 Å². The zero-order chi connectivity index (χ0) is 20.1. The molecule has 0 saturated carbocycles. The molecule has 0 unspecified atom stereocenters. The van der Waals surface area contributed by atoms with Crippen molar-refractivity contribution in [1.82, 2.24) is 10.2 Å². The minimum absolute atomic E-state index is 0.180. The molecule has 6 nitrogen and oxygen atoms in total. The number of nitrogens with zero attached hydrogens (tertiary/aromatic N) is 1. The molecule has 26 heavy (non-hydrogen) atoms. The Bertz CT molecular complexity index is 561. The zero-order valence-corrected chi connectivity index (χ0v) is 17.2. The van der Waals surface area contributed by atoms with Crippen LogP contribution in [-0.4, -0.2) is 41.7 Å². The summed E-state index contributed by atoms with van der Waals surface area (Å²) >= 11 is 0. The molecule has 0 radical (unpaired) electrons. The summed E-state index contributed by atoms with van der Waals surface area (Å²) in [6.45, 7) is 15.4.